The largest absolute Gasteiger partial charge is 0.382 e. The van der Waals surface area contributed by atoms with Gasteiger partial charge in [-0.25, -0.2) is 0 Å². The molecule has 3 nitrogen and oxygen atoms in total. The first-order chi connectivity index (χ1) is 10.3. The Morgan fingerprint density at radius 3 is 2.81 bits per heavy atom. The molecule has 1 aliphatic carbocycles. The lowest BCUT2D eigenvalue weighted by Crippen LogP contribution is -2.40. The predicted molar refractivity (Wildman–Crippen MR) is 82.1 cm³/mol. The lowest BCUT2D eigenvalue weighted by Gasteiger charge is -2.38. The van der Waals surface area contributed by atoms with Gasteiger partial charge in [0.05, 0.1) is 6.61 Å². The number of methoxy groups -OCH3 is 1. The van der Waals surface area contributed by atoms with Crippen LogP contribution in [-0.4, -0.2) is 23.8 Å². The lowest BCUT2D eigenvalue weighted by molar-refractivity contribution is -0.0616. The van der Waals surface area contributed by atoms with Crippen LogP contribution in [0, 0.1) is 0 Å². The number of aromatic nitrogens is 1. The van der Waals surface area contributed by atoms with Gasteiger partial charge in [0.2, 0.25) is 0 Å². The lowest BCUT2D eigenvalue weighted by atomic mass is 9.73. The highest BCUT2D eigenvalue weighted by atomic mass is 16.5. The van der Waals surface area contributed by atoms with Crippen LogP contribution in [0.25, 0.3) is 0 Å². The topological polar surface area (TPSA) is 42.4 Å². The molecule has 1 N–H and O–H groups in total. The normalized spacial score (nSPS) is 20.6. The Hall–Kier alpha value is -1.71. The summed E-state index contributed by atoms with van der Waals surface area (Å²) >= 11 is 0. The molecule has 0 saturated heterocycles. The molecular weight excluding hydrogens is 262 g/mol. The highest BCUT2D eigenvalue weighted by molar-refractivity contribution is 5.34. The first kappa shape index (κ1) is 14.2. The summed E-state index contributed by atoms with van der Waals surface area (Å²) in [6.45, 7) is 0.275. The van der Waals surface area contributed by atoms with Crippen LogP contribution in [0.1, 0.15) is 35.6 Å². The van der Waals surface area contributed by atoms with Crippen LogP contribution < -0.4 is 0 Å². The molecule has 1 aromatic carbocycles. The van der Waals surface area contributed by atoms with Gasteiger partial charge in [-0.1, -0.05) is 36.4 Å². The van der Waals surface area contributed by atoms with E-state index in [0.717, 1.165) is 30.5 Å². The number of rotatable bonds is 4. The molecule has 1 heterocycles. The molecule has 2 unspecified atom stereocenters. The van der Waals surface area contributed by atoms with Crippen LogP contribution in [0.2, 0.25) is 0 Å². The smallest absolute Gasteiger partial charge is 0.121 e. The van der Waals surface area contributed by atoms with Gasteiger partial charge in [0.1, 0.15) is 5.60 Å². The Bertz CT molecular complexity index is 599. The van der Waals surface area contributed by atoms with Crippen molar-refractivity contribution < 1.29 is 9.84 Å². The number of aryl methyl sites for hydroxylation is 1. The standard InChI is InChI=1S/C18H21NO2/c1-21-13-18(20,15-9-3-2-4-10-15)16-11-5-7-14-8-6-12-19-17(14)16/h2-4,6,8-10,12,16,20H,5,7,11,13H2,1H3. The minimum Gasteiger partial charge on any atom is -0.382 e. The quantitative estimate of drug-likeness (QED) is 0.938. The Balaban J connectivity index is 2.07. The molecule has 2 atom stereocenters. The monoisotopic (exact) mass is 283 g/mol. The maximum Gasteiger partial charge on any atom is 0.121 e. The Morgan fingerprint density at radius 1 is 1.24 bits per heavy atom. The van der Waals surface area contributed by atoms with Crippen molar-refractivity contribution in [1.29, 1.82) is 0 Å². The molecule has 0 aliphatic heterocycles. The van der Waals surface area contributed by atoms with Crippen molar-refractivity contribution in [3.05, 3.63) is 65.5 Å². The third-order valence-corrected chi connectivity index (χ3v) is 4.41. The molecule has 0 amide bonds. The maximum absolute atomic E-state index is 11.4. The summed E-state index contributed by atoms with van der Waals surface area (Å²) in [6, 6.07) is 13.9. The second-order valence-electron chi connectivity index (χ2n) is 5.72. The molecule has 21 heavy (non-hydrogen) atoms. The van der Waals surface area contributed by atoms with Crippen molar-refractivity contribution in [3.63, 3.8) is 0 Å². The van der Waals surface area contributed by atoms with E-state index in [1.807, 2.05) is 42.6 Å². The first-order valence-electron chi connectivity index (χ1n) is 7.46. The number of ether oxygens (including phenoxy) is 1. The first-order valence-corrected chi connectivity index (χ1v) is 7.46. The third kappa shape index (κ3) is 2.59. The van der Waals surface area contributed by atoms with Crippen LogP contribution in [0.15, 0.2) is 48.7 Å². The van der Waals surface area contributed by atoms with Gasteiger partial charge in [-0.2, -0.15) is 0 Å². The SMILES string of the molecule is COCC(O)(c1ccccc1)C1CCCc2cccnc21. The highest BCUT2D eigenvalue weighted by Gasteiger charge is 2.42. The fourth-order valence-corrected chi connectivity index (χ4v) is 3.41. The van der Waals surface area contributed by atoms with Gasteiger partial charge in [-0.3, -0.25) is 4.98 Å². The highest BCUT2D eigenvalue weighted by Crippen LogP contribution is 2.43. The van der Waals surface area contributed by atoms with Crippen LogP contribution in [0.5, 0.6) is 0 Å². The van der Waals surface area contributed by atoms with E-state index in [1.165, 1.54) is 5.56 Å². The minimum absolute atomic E-state index is 0.0233. The van der Waals surface area contributed by atoms with E-state index >= 15 is 0 Å². The van der Waals surface area contributed by atoms with Gasteiger partial charge >= 0.3 is 0 Å². The molecule has 0 saturated carbocycles. The number of aliphatic hydroxyl groups is 1. The van der Waals surface area contributed by atoms with E-state index in [0.29, 0.717) is 0 Å². The van der Waals surface area contributed by atoms with Crippen molar-refractivity contribution in [3.8, 4) is 0 Å². The zero-order valence-corrected chi connectivity index (χ0v) is 12.3. The van der Waals surface area contributed by atoms with E-state index in [-0.39, 0.29) is 12.5 Å². The van der Waals surface area contributed by atoms with Gasteiger partial charge in [-0.05, 0) is 36.5 Å². The van der Waals surface area contributed by atoms with E-state index in [2.05, 4.69) is 11.1 Å². The fraction of sp³-hybridized carbons (Fsp3) is 0.389. The number of pyridine rings is 1. The molecule has 3 rings (SSSR count). The van der Waals surface area contributed by atoms with Crippen LogP contribution in [0.4, 0.5) is 0 Å². The summed E-state index contributed by atoms with van der Waals surface area (Å²) in [6.07, 6.45) is 4.86. The molecule has 3 heteroatoms. The molecule has 0 spiro atoms. The molecular formula is C18H21NO2. The summed E-state index contributed by atoms with van der Waals surface area (Å²) < 4.78 is 5.35. The number of hydrogen-bond donors (Lipinski definition) is 1. The van der Waals surface area contributed by atoms with Crippen molar-refractivity contribution in [2.45, 2.75) is 30.8 Å². The van der Waals surface area contributed by atoms with E-state index in [9.17, 15) is 5.11 Å². The van der Waals surface area contributed by atoms with E-state index in [4.69, 9.17) is 4.74 Å². The number of nitrogens with zero attached hydrogens (tertiary/aromatic N) is 1. The van der Waals surface area contributed by atoms with Crippen molar-refractivity contribution in [2.24, 2.45) is 0 Å². The molecule has 0 bridgehead atoms. The van der Waals surface area contributed by atoms with E-state index in [1.54, 1.807) is 7.11 Å². The molecule has 0 fully saturated rings. The Morgan fingerprint density at radius 2 is 2.05 bits per heavy atom. The summed E-state index contributed by atoms with van der Waals surface area (Å²) in [5.41, 5.74) is 2.14. The van der Waals surface area contributed by atoms with Gasteiger partial charge < -0.3 is 9.84 Å². The molecule has 1 aromatic heterocycles. The Kier molecular flexibility index (Phi) is 4.04. The summed E-state index contributed by atoms with van der Waals surface area (Å²) in [5, 5.41) is 11.4. The van der Waals surface area contributed by atoms with Crippen LogP contribution in [-0.2, 0) is 16.8 Å². The summed E-state index contributed by atoms with van der Waals surface area (Å²) in [5.74, 6) is -0.0233. The molecule has 2 aromatic rings. The van der Waals surface area contributed by atoms with Crippen molar-refractivity contribution in [1.82, 2.24) is 4.98 Å². The average Bonchev–Trinajstić information content (AvgIpc) is 2.55. The molecule has 0 radical (unpaired) electrons. The minimum atomic E-state index is -1.03. The number of fused-ring (bicyclic) bond motifs is 1. The summed E-state index contributed by atoms with van der Waals surface area (Å²) in [7, 11) is 1.63. The summed E-state index contributed by atoms with van der Waals surface area (Å²) in [4.78, 5) is 4.56. The zero-order chi connectivity index (χ0) is 14.7. The zero-order valence-electron chi connectivity index (χ0n) is 12.3. The van der Waals surface area contributed by atoms with Crippen LogP contribution >= 0.6 is 0 Å². The third-order valence-electron chi connectivity index (χ3n) is 4.41. The van der Waals surface area contributed by atoms with Gasteiger partial charge in [0.15, 0.2) is 0 Å². The average molecular weight is 283 g/mol. The van der Waals surface area contributed by atoms with Gasteiger partial charge in [-0.15, -0.1) is 0 Å². The number of hydrogen-bond acceptors (Lipinski definition) is 3. The fourth-order valence-electron chi connectivity index (χ4n) is 3.41. The van der Waals surface area contributed by atoms with Crippen molar-refractivity contribution in [2.75, 3.05) is 13.7 Å². The molecule has 1 aliphatic rings. The van der Waals surface area contributed by atoms with Crippen molar-refractivity contribution >= 4 is 0 Å². The second kappa shape index (κ2) is 5.96. The molecule has 110 valence electrons. The van der Waals surface area contributed by atoms with Gasteiger partial charge in [0, 0.05) is 24.9 Å². The Labute approximate surface area is 125 Å². The maximum atomic E-state index is 11.4. The second-order valence-corrected chi connectivity index (χ2v) is 5.72. The van der Waals surface area contributed by atoms with Crippen LogP contribution in [0.3, 0.4) is 0 Å². The number of benzene rings is 1. The van der Waals surface area contributed by atoms with Gasteiger partial charge in [0.25, 0.3) is 0 Å². The predicted octanol–water partition coefficient (Wildman–Crippen LogP) is 3.04. The van der Waals surface area contributed by atoms with E-state index < -0.39 is 5.60 Å².